The molecule has 1 fully saturated rings. The third-order valence-electron chi connectivity index (χ3n) is 4.50. The number of nitrogens with zero attached hydrogens (tertiary/aromatic N) is 4. The Labute approximate surface area is 134 Å². The summed E-state index contributed by atoms with van der Waals surface area (Å²) in [6.45, 7) is 8.44. The molecule has 1 aromatic rings. The highest BCUT2D eigenvalue weighted by atomic mass is 15.3. The number of likely N-dealkylation sites (tertiary alicyclic amines) is 1. The van der Waals surface area contributed by atoms with Gasteiger partial charge in [0.2, 0.25) is 0 Å². The fraction of sp³-hybridized carbons (Fsp3) is 0.647. The van der Waals surface area contributed by atoms with Gasteiger partial charge in [0, 0.05) is 32.9 Å². The normalized spacial score (nSPS) is 19.5. The van der Waals surface area contributed by atoms with Gasteiger partial charge < -0.3 is 10.2 Å². The first-order valence-electron chi connectivity index (χ1n) is 8.22. The zero-order chi connectivity index (χ0) is 15.9. The molecule has 1 N–H and O–H groups in total. The number of pyridine rings is 1. The first kappa shape index (κ1) is 16.7. The largest absolute Gasteiger partial charge is 0.351 e. The van der Waals surface area contributed by atoms with Crippen LogP contribution in [0.3, 0.4) is 0 Å². The van der Waals surface area contributed by atoms with Crippen molar-refractivity contribution in [2.45, 2.75) is 39.3 Å². The molecule has 1 aliphatic heterocycles. The molecule has 0 spiro atoms. The molecule has 5 heteroatoms. The highest BCUT2D eigenvalue weighted by Gasteiger charge is 2.24. The SMILES string of the molecule is CCN1CCCC1CN(C)C(=NC)NCc1ncccc1C. The second-order valence-corrected chi connectivity index (χ2v) is 5.97. The molecule has 22 heavy (non-hydrogen) atoms. The summed E-state index contributed by atoms with van der Waals surface area (Å²) in [6.07, 6.45) is 4.44. The minimum Gasteiger partial charge on any atom is -0.351 e. The zero-order valence-corrected chi connectivity index (χ0v) is 14.3. The van der Waals surface area contributed by atoms with E-state index in [-0.39, 0.29) is 0 Å². The Hall–Kier alpha value is -1.62. The average molecular weight is 303 g/mol. The lowest BCUT2D eigenvalue weighted by molar-refractivity contribution is 0.232. The van der Waals surface area contributed by atoms with E-state index in [1.54, 1.807) is 0 Å². The summed E-state index contributed by atoms with van der Waals surface area (Å²) < 4.78 is 0. The number of aryl methyl sites for hydroxylation is 1. The van der Waals surface area contributed by atoms with Crippen molar-refractivity contribution in [2.24, 2.45) is 4.99 Å². The van der Waals surface area contributed by atoms with Crippen molar-refractivity contribution in [3.63, 3.8) is 0 Å². The van der Waals surface area contributed by atoms with Crippen LogP contribution in [0.2, 0.25) is 0 Å². The highest BCUT2D eigenvalue weighted by molar-refractivity contribution is 5.79. The minimum absolute atomic E-state index is 0.644. The van der Waals surface area contributed by atoms with Gasteiger partial charge in [0.25, 0.3) is 0 Å². The van der Waals surface area contributed by atoms with E-state index in [0.29, 0.717) is 12.6 Å². The van der Waals surface area contributed by atoms with Crippen molar-refractivity contribution in [1.29, 1.82) is 0 Å². The monoisotopic (exact) mass is 303 g/mol. The van der Waals surface area contributed by atoms with Gasteiger partial charge in [-0.1, -0.05) is 13.0 Å². The van der Waals surface area contributed by atoms with Gasteiger partial charge in [-0.25, -0.2) is 0 Å². The van der Waals surface area contributed by atoms with Crippen LogP contribution in [-0.2, 0) is 6.54 Å². The van der Waals surface area contributed by atoms with E-state index in [2.05, 4.69) is 52.1 Å². The van der Waals surface area contributed by atoms with Gasteiger partial charge in [0.05, 0.1) is 12.2 Å². The topological polar surface area (TPSA) is 43.8 Å². The molecule has 2 rings (SSSR count). The fourth-order valence-electron chi connectivity index (χ4n) is 3.17. The van der Waals surface area contributed by atoms with Crippen LogP contribution in [-0.4, -0.2) is 60.5 Å². The van der Waals surface area contributed by atoms with Crippen molar-refractivity contribution in [2.75, 3.05) is 33.7 Å². The summed E-state index contributed by atoms with van der Waals surface area (Å²) in [7, 11) is 3.96. The maximum atomic E-state index is 4.43. The van der Waals surface area contributed by atoms with Gasteiger partial charge in [-0.2, -0.15) is 0 Å². The Morgan fingerprint density at radius 3 is 3.05 bits per heavy atom. The Balaban J connectivity index is 1.89. The number of hydrogen-bond acceptors (Lipinski definition) is 3. The maximum absolute atomic E-state index is 4.43. The molecule has 122 valence electrons. The van der Waals surface area contributed by atoms with Crippen molar-refractivity contribution >= 4 is 5.96 Å². The van der Waals surface area contributed by atoms with Crippen LogP contribution in [0.1, 0.15) is 31.0 Å². The van der Waals surface area contributed by atoms with Crippen LogP contribution in [0.25, 0.3) is 0 Å². The summed E-state index contributed by atoms with van der Waals surface area (Å²) in [6, 6.07) is 4.71. The summed E-state index contributed by atoms with van der Waals surface area (Å²) in [5, 5.41) is 3.43. The quantitative estimate of drug-likeness (QED) is 0.666. The predicted molar refractivity (Wildman–Crippen MR) is 92.1 cm³/mol. The molecule has 1 unspecified atom stereocenters. The molecule has 1 saturated heterocycles. The van der Waals surface area contributed by atoms with Crippen LogP contribution in [0.4, 0.5) is 0 Å². The first-order valence-corrected chi connectivity index (χ1v) is 8.22. The summed E-state index contributed by atoms with van der Waals surface area (Å²) in [5.74, 6) is 0.938. The number of nitrogens with one attached hydrogen (secondary N) is 1. The molecule has 0 aliphatic carbocycles. The van der Waals surface area contributed by atoms with Gasteiger partial charge in [-0.05, 0) is 44.5 Å². The lowest BCUT2D eigenvalue weighted by Gasteiger charge is -2.29. The number of aromatic nitrogens is 1. The molecule has 1 aliphatic rings. The molecule has 1 aromatic heterocycles. The van der Waals surface area contributed by atoms with Crippen molar-refractivity contribution in [3.05, 3.63) is 29.6 Å². The van der Waals surface area contributed by atoms with Crippen LogP contribution >= 0.6 is 0 Å². The maximum Gasteiger partial charge on any atom is 0.193 e. The van der Waals surface area contributed by atoms with Crippen molar-refractivity contribution in [3.8, 4) is 0 Å². The zero-order valence-electron chi connectivity index (χ0n) is 14.3. The van der Waals surface area contributed by atoms with E-state index >= 15 is 0 Å². The Morgan fingerprint density at radius 1 is 1.55 bits per heavy atom. The molecule has 0 radical (unpaired) electrons. The fourth-order valence-corrected chi connectivity index (χ4v) is 3.17. The second-order valence-electron chi connectivity index (χ2n) is 5.97. The average Bonchev–Trinajstić information content (AvgIpc) is 2.96. The van der Waals surface area contributed by atoms with E-state index in [4.69, 9.17) is 0 Å². The molecule has 5 nitrogen and oxygen atoms in total. The van der Waals surface area contributed by atoms with Gasteiger partial charge in [0.1, 0.15) is 0 Å². The van der Waals surface area contributed by atoms with E-state index in [1.807, 2.05) is 19.3 Å². The van der Waals surface area contributed by atoms with Gasteiger partial charge in [-0.15, -0.1) is 0 Å². The van der Waals surface area contributed by atoms with Crippen LogP contribution in [0.15, 0.2) is 23.3 Å². The van der Waals surface area contributed by atoms with E-state index < -0.39 is 0 Å². The van der Waals surface area contributed by atoms with E-state index in [0.717, 1.165) is 24.7 Å². The molecular weight excluding hydrogens is 274 g/mol. The van der Waals surface area contributed by atoms with Crippen LogP contribution < -0.4 is 5.32 Å². The van der Waals surface area contributed by atoms with Gasteiger partial charge in [0.15, 0.2) is 5.96 Å². The number of likely N-dealkylation sites (N-methyl/N-ethyl adjacent to an activating group) is 2. The third-order valence-corrected chi connectivity index (χ3v) is 4.50. The Kier molecular flexibility index (Phi) is 6.19. The molecule has 1 atom stereocenters. The van der Waals surface area contributed by atoms with Crippen LogP contribution in [0.5, 0.6) is 0 Å². The van der Waals surface area contributed by atoms with Gasteiger partial charge >= 0.3 is 0 Å². The number of aliphatic imine (C=N–C) groups is 1. The Morgan fingerprint density at radius 2 is 2.36 bits per heavy atom. The van der Waals surface area contributed by atoms with Crippen molar-refractivity contribution < 1.29 is 0 Å². The molecule has 0 saturated carbocycles. The third kappa shape index (κ3) is 4.19. The molecule has 0 aromatic carbocycles. The smallest absolute Gasteiger partial charge is 0.193 e. The van der Waals surface area contributed by atoms with Gasteiger partial charge in [-0.3, -0.25) is 14.9 Å². The first-order chi connectivity index (χ1) is 10.7. The predicted octanol–water partition coefficient (Wildman–Crippen LogP) is 1.88. The van der Waals surface area contributed by atoms with Crippen LogP contribution in [0, 0.1) is 6.92 Å². The number of guanidine groups is 1. The highest BCUT2D eigenvalue weighted by Crippen LogP contribution is 2.17. The number of hydrogen-bond donors (Lipinski definition) is 1. The summed E-state index contributed by atoms with van der Waals surface area (Å²) in [5.41, 5.74) is 2.29. The summed E-state index contributed by atoms with van der Waals surface area (Å²) >= 11 is 0. The summed E-state index contributed by atoms with van der Waals surface area (Å²) in [4.78, 5) is 13.6. The number of rotatable bonds is 5. The molecule has 0 amide bonds. The molecular formula is C17H29N5. The van der Waals surface area contributed by atoms with E-state index in [1.165, 1.54) is 24.9 Å². The molecule has 0 bridgehead atoms. The minimum atomic E-state index is 0.644. The van der Waals surface area contributed by atoms with E-state index in [9.17, 15) is 0 Å². The standard InChI is InChI=1S/C17H29N5/c1-5-22-11-7-9-15(22)13-21(4)17(18-3)20-12-16-14(2)8-6-10-19-16/h6,8,10,15H,5,7,9,11-13H2,1-4H3,(H,18,20). The lowest BCUT2D eigenvalue weighted by atomic mass is 10.2. The lowest BCUT2D eigenvalue weighted by Crippen LogP contribution is -2.45. The molecule has 2 heterocycles. The van der Waals surface area contributed by atoms with Crippen molar-refractivity contribution in [1.82, 2.24) is 20.1 Å². The Bertz CT molecular complexity index is 500. The second kappa shape index (κ2) is 8.13.